The van der Waals surface area contributed by atoms with Gasteiger partial charge in [-0.2, -0.15) is 4.98 Å². The van der Waals surface area contributed by atoms with E-state index >= 15 is 0 Å². The quantitative estimate of drug-likeness (QED) is 0.793. The number of rotatable bonds is 7. The average molecular weight is 353 g/mol. The number of benzene rings is 1. The molecule has 1 fully saturated rings. The first kappa shape index (κ1) is 18.2. The Bertz CT molecular complexity index is 670. The van der Waals surface area contributed by atoms with E-state index in [1.54, 1.807) is 31.2 Å². The molecule has 0 aliphatic heterocycles. The van der Waals surface area contributed by atoms with Crippen molar-refractivity contribution >= 4 is 24.0 Å². The van der Waals surface area contributed by atoms with E-state index < -0.39 is 0 Å². The van der Waals surface area contributed by atoms with E-state index in [2.05, 4.69) is 15.5 Å². The maximum absolute atomic E-state index is 11.8. The number of anilines is 1. The number of nitrogens with zero attached hydrogens (tertiary/aromatic N) is 2. The van der Waals surface area contributed by atoms with Gasteiger partial charge < -0.3 is 20.3 Å². The molecule has 3 rings (SSSR count). The zero-order valence-electron chi connectivity index (χ0n) is 13.4. The van der Waals surface area contributed by atoms with Gasteiger partial charge in [-0.15, -0.1) is 12.4 Å². The van der Waals surface area contributed by atoms with Crippen molar-refractivity contribution in [3.63, 3.8) is 0 Å². The minimum atomic E-state index is -0.218. The van der Waals surface area contributed by atoms with Crippen LogP contribution >= 0.6 is 12.4 Å². The molecule has 24 heavy (non-hydrogen) atoms. The highest BCUT2D eigenvalue weighted by molar-refractivity contribution is 5.92. The zero-order valence-corrected chi connectivity index (χ0v) is 14.2. The van der Waals surface area contributed by atoms with Gasteiger partial charge in [0.15, 0.2) is 6.61 Å². The Balaban J connectivity index is 0.00000208. The Morgan fingerprint density at radius 2 is 2.12 bits per heavy atom. The highest BCUT2D eigenvalue weighted by Crippen LogP contribution is 2.38. The lowest BCUT2D eigenvalue weighted by molar-refractivity contribution is -0.119. The molecular formula is C16H21ClN4O3. The van der Waals surface area contributed by atoms with Crippen LogP contribution in [-0.4, -0.2) is 22.6 Å². The molecular weight excluding hydrogens is 332 g/mol. The van der Waals surface area contributed by atoms with Crippen LogP contribution in [0.1, 0.15) is 37.4 Å². The van der Waals surface area contributed by atoms with Crippen molar-refractivity contribution in [2.45, 2.75) is 32.3 Å². The molecule has 0 saturated heterocycles. The molecule has 0 spiro atoms. The summed E-state index contributed by atoms with van der Waals surface area (Å²) in [6, 6.07) is 7.12. The van der Waals surface area contributed by atoms with Crippen LogP contribution in [0.4, 0.5) is 5.69 Å². The molecule has 1 heterocycles. The molecule has 0 bridgehead atoms. The van der Waals surface area contributed by atoms with Crippen molar-refractivity contribution in [3.8, 4) is 5.75 Å². The number of carbonyl (C=O) groups excluding carboxylic acids is 1. The van der Waals surface area contributed by atoms with E-state index in [1.807, 2.05) is 0 Å². The number of hydrogen-bond acceptors (Lipinski definition) is 6. The number of amides is 1. The van der Waals surface area contributed by atoms with Gasteiger partial charge in [0.2, 0.25) is 17.6 Å². The number of ether oxygens (including phenoxy) is 1. The molecule has 1 aliphatic rings. The number of nitrogens with one attached hydrogen (secondary N) is 1. The average Bonchev–Trinajstić information content (AvgIpc) is 3.32. The van der Waals surface area contributed by atoms with Gasteiger partial charge in [-0.25, -0.2) is 0 Å². The fourth-order valence-corrected chi connectivity index (χ4v) is 1.98. The molecule has 130 valence electrons. The highest BCUT2D eigenvalue weighted by Gasteiger charge is 2.29. The summed E-state index contributed by atoms with van der Waals surface area (Å²) in [4.78, 5) is 16.1. The number of nitrogens with two attached hydrogens (primary N) is 1. The van der Waals surface area contributed by atoms with Crippen LogP contribution in [0.3, 0.4) is 0 Å². The second kappa shape index (κ2) is 8.12. The monoisotopic (exact) mass is 352 g/mol. The molecule has 1 unspecified atom stereocenters. The smallest absolute Gasteiger partial charge is 0.229 e. The molecule has 1 saturated carbocycles. The molecule has 1 amide bonds. The summed E-state index contributed by atoms with van der Waals surface area (Å²) in [5, 5.41) is 6.70. The first-order chi connectivity index (χ1) is 11.2. The van der Waals surface area contributed by atoms with Crippen molar-refractivity contribution in [1.82, 2.24) is 10.1 Å². The molecule has 1 aromatic heterocycles. The van der Waals surface area contributed by atoms with Crippen molar-refractivity contribution in [1.29, 1.82) is 0 Å². The van der Waals surface area contributed by atoms with Crippen LogP contribution in [0, 0.1) is 5.92 Å². The summed E-state index contributed by atoms with van der Waals surface area (Å²) in [6.45, 7) is 2.36. The Morgan fingerprint density at radius 3 is 2.75 bits per heavy atom. The third-order valence-corrected chi connectivity index (χ3v) is 3.70. The maximum atomic E-state index is 11.8. The topological polar surface area (TPSA) is 103 Å². The molecule has 2 aromatic rings. The molecule has 0 radical (unpaired) electrons. The van der Waals surface area contributed by atoms with Crippen molar-refractivity contribution in [2.75, 3.05) is 11.9 Å². The third-order valence-electron chi connectivity index (χ3n) is 3.70. The Labute approximate surface area is 146 Å². The largest absolute Gasteiger partial charge is 0.485 e. The second-order valence-electron chi connectivity index (χ2n) is 5.76. The standard InChI is InChI=1S/C16H20N4O3.ClH/c1-10(8-17)15(21)18-12-4-6-13(7-5-12)22-9-14-19-16(23-20-14)11-2-3-11;/h4-7,10-11H,2-3,8-9,17H2,1H3,(H,18,21);1H. The summed E-state index contributed by atoms with van der Waals surface area (Å²) >= 11 is 0. The van der Waals surface area contributed by atoms with Crippen molar-refractivity contribution in [3.05, 3.63) is 36.0 Å². The van der Waals surface area contributed by atoms with Crippen LogP contribution in [0.2, 0.25) is 0 Å². The van der Waals surface area contributed by atoms with E-state index in [0.29, 0.717) is 35.6 Å². The van der Waals surface area contributed by atoms with Gasteiger partial charge >= 0.3 is 0 Å². The SMILES string of the molecule is CC(CN)C(=O)Nc1ccc(OCc2noc(C3CC3)n2)cc1.Cl. The first-order valence-corrected chi connectivity index (χ1v) is 7.72. The summed E-state index contributed by atoms with van der Waals surface area (Å²) < 4.78 is 10.8. The van der Waals surface area contributed by atoms with Crippen LogP contribution in [0.5, 0.6) is 5.75 Å². The summed E-state index contributed by atoms with van der Waals surface area (Å²) in [5.74, 6) is 2.05. The Hall–Kier alpha value is -2.12. The van der Waals surface area contributed by atoms with Crippen LogP contribution < -0.4 is 15.8 Å². The summed E-state index contributed by atoms with van der Waals surface area (Å²) in [5.41, 5.74) is 6.18. The number of hydrogen-bond donors (Lipinski definition) is 2. The van der Waals surface area contributed by atoms with Crippen LogP contribution in [0.15, 0.2) is 28.8 Å². The molecule has 1 aromatic carbocycles. The number of carbonyl (C=O) groups is 1. The summed E-state index contributed by atoms with van der Waals surface area (Å²) in [7, 11) is 0. The normalized spacial score (nSPS) is 14.6. The molecule has 7 nitrogen and oxygen atoms in total. The summed E-state index contributed by atoms with van der Waals surface area (Å²) in [6.07, 6.45) is 2.25. The molecule has 1 aliphatic carbocycles. The van der Waals surface area contributed by atoms with Crippen molar-refractivity contribution in [2.24, 2.45) is 11.7 Å². The van der Waals surface area contributed by atoms with Gasteiger partial charge in [0.05, 0.1) is 0 Å². The van der Waals surface area contributed by atoms with Crippen LogP contribution in [-0.2, 0) is 11.4 Å². The lowest BCUT2D eigenvalue weighted by Gasteiger charge is -2.10. The predicted molar refractivity (Wildman–Crippen MR) is 91.1 cm³/mol. The third kappa shape index (κ3) is 4.69. The number of halogens is 1. The van der Waals surface area contributed by atoms with Gasteiger partial charge in [-0.1, -0.05) is 12.1 Å². The Kier molecular flexibility index (Phi) is 6.16. The lowest BCUT2D eigenvalue weighted by atomic mass is 10.1. The van der Waals surface area contributed by atoms with Gasteiger partial charge in [0, 0.05) is 24.1 Å². The molecule has 1 atom stereocenters. The van der Waals surface area contributed by atoms with Gasteiger partial charge in [-0.3, -0.25) is 4.79 Å². The van der Waals surface area contributed by atoms with Gasteiger partial charge in [-0.05, 0) is 37.1 Å². The maximum Gasteiger partial charge on any atom is 0.229 e. The molecule has 3 N–H and O–H groups in total. The Morgan fingerprint density at radius 1 is 1.42 bits per heavy atom. The van der Waals surface area contributed by atoms with Gasteiger partial charge in [0.1, 0.15) is 5.75 Å². The van der Waals surface area contributed by atoms with E-state index in [-0.39, 0.29) is 30.8 Å². The lowest BCUT2D eigenvalue weighted by Crippen LogP contribution is -2.26. The molecule has 8 heteroatoms. The van der Waals surface area contributed by atoms with Crippen molar-refractivity contribution < 1.29 is 14.1 Å². The van der Waals surface area contributed by atoms with E-state index in [0.717, 1.165) is 12.8 Å². The fourth-order valence-electron chi connectivity index (χ4n) is 1.98. The second-order valence-corrected chi connectivity index (χ2v) is 5.76. The van der Waals surface area contributed by atoms with Gasteiger partial charge in [0.25, 0.3) is 0 Å². The zero-order chi connectivity index (χ0) is 16.2. The minimum absolute atomic E-state index is 0. The fraction of sp³-hybridized carbons (Fsp3) is 0.438. The van der Waals surface area contributed by atoms with Crippen LogP contribution in [0.25, 0.3) is 0 Å². The number of aromatic nitrogens is 2. The van der Waals surface area contributed by atoms with E-state index in [9.17, 15) is 4.79 Å². The first-order valence-electron chi connectivity index (χ1n) is 7.72. The minimum Gasteiger partial charge on any atom is -0.485 e. The predicted octanol–water partition coefficient (Wildman–Crippen LogP) is 2.48. The highest BCUT2D eigenvalue weighted by atomic mass is 35.5. The van der Waals surface area contributed by atoms with E-state index in [4.69, 9.17) is 15.0 Å². The van der Waals surface area contributed by atoms with E-state index in [1.165, 1.54) is 0 Å².